The Morgan fingerprint density at radius 2 is 2.11 bits per heavy atom. The summed E-state index contributed by atoms with van der Waals surface area (Å²) in [6.45, 7) is 4.77. The van der Waals surface area contributed by atoms with Gasteiger partial charge in [-0.15, -0.1) is 0 Å². The summed E-state index contributed by atoms with van der Waals surface area (Å²) in [4.78, 5) is 10.6. The van der Waals surface area contributed by atoms with Gasteiger partial charge in [0.25, 0.3) is 0 Å². The number of fused-ring (bicyclic) bond motifs is 2. The maximum atomic E-state index is 15.2. The van der Waals surface area contributed by atoms with Gasteiger partial charge in [0.15, 0.2) is 5.82 Å². The van der Waals surface area contributed by atoms with Crippen LogP contribution < -0.4 is 10.6 Å². The molecule has 1 amide bonds. The largest absolute Gasteiger partial charge is 0.319 e. The van der Waals surface area contributed by atoms with Gasteiger partial charge >= 0.3 is 0 Å². The van der Waals surface area contributed by atoms with Gasteiger partial charge in [-0.1, -0.05) is 0 Å². The van der Waals surface area contributed by atoms with Crippen molar-refractivity contribution < 1.29 is 13.8 Å². The topological polar surface area (TPSA) is 92.2 Å². The van der Waals surface area contributed by atoms with E-state index in [1.165, 1.54) is 0 Å². The third-order valence-electron chi connectivity index (χ3n) is 4.55. The summed E-state index contributed by atoms with van der Waals surface area (Å²) in [5.74, 6) is -0.0569. The number of carbonyl (C=O) groups is 1. The Kier molecular flexibility index (Phi) is 3.89. The van der Waals surface area contributed by atoms with Gasteiger partial charge in [0, 0.05) is 17.6 Å². The van der Waals surface area contributed by atoms with Crippen LogP contribution >= 0.6 is 7.14 Å². The summed E-state index contributed by atoms with van der Waals surface area (Å²) in [5.41, 5.74) is 3.07. The molecule has 0 radical (unpaired) electrons. The van der Waals surface area contributed by atoms with Gasteiger partial charge in [0.05, 0.1) is 22.5 Å². The minimum atomic E-state index is -2.85. The predicted molar refractivity (Wildman–Crippen MR) is 104 cm³/mol. The molecular weight excluding hydrogens is 368 g/mol. The van der Waals surface area contributed by atoms with Crippen molar-refractivity contribution in [2.45, 2.75) is 6.92 Å². The third kappa shape index (κ3) is 2.73. The molecule has 0 aliphatic heterocycles. The molecular formula is C18H17FN5O2P. The number of hydrogen-bond donors (Lipinski definition) is 2. The lowest BCUT2D eigenvalue weighted by molar-refractivity contribution is -0.105. The fraction of sp³-hybridized carbons (Fsp3) is 0.167. The number of pyridine rings is 1. The first-order chi connectivity index (χ1) is 12.8. The van der Waals surface area contributed by atoms with Crippen LogP contribution in [-0.2, 0) is 9.36 Å². The number of nitrogens with zero attached hydrogens (tertiary/aromatic N) is 3. The van der Waals surface area contributed by atoms with E-state index in [4.69, 9.17) is 0 Å². The van der Waals surface area contributed by atoms with Crippen LogP contribution in [0.3, 0.4) is 0 Å². The monoisotopic (exact) mass is 385 g/mol. The molecule has 27 heavy (non-hydrogen) atoms. The molecule has 0 bridgehead atoms. The van der Waals surface area contributed by atoms with Crippen LogP contribution in [0, 0.1) is 12.7 Å². The zero-order valence-corrected chi connectivity index (χ0v) is 15.8. The molecule has 0 aliphatic carbocycles. The number of rotatable bonds is 4. The van der Waals surface area contributed by atoms with Crippen molar-refractivity contribution in [3.05, 3.63) is 42.0 Å². The molecule has 2 N–H and O–H groups in total. The molecule has 3 heterocycles. The number of H-pyrrole nitrogens is 1. The molecule has 9 heteroatoms. The quantitative estimate of drug-likeness (QED) is 0.417. The number of amides is 1. The summed E-state index contributed by atoms with van der Waals surface area (Å²) in [7, 11) is -2.85. The summed E-state index contributed by atoms with van der Waals surface area (Å²) >= 11 is 0. The van der Waals surface area contributed by atoms with E-state index < -0.39 is 13.0 Å². The minimum Gasteiger partial charge on any atom is -0.319 e. The zero-order chi connectivity index (χ0) is 19.3. The molecule has 0 aliphatic rings. The second-order valence-corrected chi connectivity index (χ2v) is 9.90. The van der Waals surface area contributed by atoms with Crippen LogP contribution in [0.4, 0.5) is 10.2 Å². The molecule has 138 valence electrons. The number of hydrogen-bond acceptors (Lipinski definition) is 4. The standard InChI is InChI=1S/C18H17FN5O2P/c1-10-15(11-4-5-24-12(6-11)7-14(23-24)20-9-25)13-8-21-22-17(13)18(16(10)19)27(2,3)26/h4-9H,1-3H3,(H,21,22)(H,20,23,25). The Morgan fingerprint density at radius 1 is 1.33 bits per heavy atom. The van der Waals surface area contributed by atoms with Crippen LogP contribution in [0.5, 0.6) is 0 Å². The fourth-order valence-electron chi connectivity index (χ4n) is 3.41. The van der Waals surface area contributed by atoms with Crippen LogP contribution in [0.2, 0.25) is 0 Å². The highest BCUT2D eigenvalue weighted by atomic mass is 31.2. The molecule has 0 saturated carbocycles. The van der Waals surface area contributed by atoms with E-state index in [1.54, 1.807) is 43.2 Å². The van der Waals surface area contributed by atoms with Gasteiger partial charge in [0.1, 0.15) is 13.0 Å². The van der Waals surface area contributed by atoms with Crippen molar-refractivity contribution in [3.8, 4) is 11.1 Å². The van der Waals surface area contributed by atoms with E-state index in [9.17, 15) is 9.36 Å². The molecule has 0 fully saturated rings. The van der Waals surface area contributed by atoms with Crippen molar-refractivity contribution in [2.75, 3.05) is 18.6 Å². The first kappa shape index (κ1) is 17.4. The van der Waals surface area contributed by atoms with Gasteiger partial charge in [-0.05, 0) is 49.1 Å². The van der Waals surface area contributed by atoms with Crippen LogP contribution in [0.15, 0.2) is 30.6 Å². The van der Waals surface area contributed by atoms with E-state index in [0.717, 1.165) is 11.1 Å². The van der Waals surface area contributed by atoms with Gasteiger partial charge < -0.3 is 9.88 Å². The van der Waals surface area contributed by atoms with Crippen molar-refractivity contribution in [1.29, 1.82) is 0 Å². The Labute approximate surface area is 153 Å². The lowest BCUT2D eigenvalue weighted by atomic mass is 9.97. The third-order valence-corrected chi connectivity index (χ3v) is 6.05. The molecule has 0 unspecified atom stereocenters. The number of aromatic amines is 1. The normalized spacial score (nSPS) is 12.0. The Hall–Kier alpha value is -2.99. The minimum absolute atomic E-state index is 0.194. The van der Waals surface area contributed by atoms with Gasteiger partial charge in [-0.3, -0.25) is 9.89 Å². The second-order valence-electron chi connectivity index (χ2n) is 6.75. The number of aromatic nitrogens is 4. The maximum absolute atomic E-state index is 15.2. The predicted octanol–water partition coefficient (Wildman–Crippen LogP) is 3.14. The molecule has 4 rings (SSSR count). The summed E-state index contributed by atoms with van der Waals surface area (Å²) in [6.07, 6.45) is 3.92. The highest BCUT2D eigenvalue weighted by Crippen LogP contribution is 2.42. The van der Waals surface area contributed by atoms with Crippen molar-refractivity contribution in [2.24, 2.45) is 0 Å². The zero-order valence-electron chi connectivity index (χ0n) is 14.9. The van der Waals surface area contributed by atoms with Gasteiger partial charge in [0.2, 0.25) is 6.41 Å². The Morgan fingerprint density at radius 3 is 2.81 bits per heavy atom. The number of nitrogens with one attached hydrogen (secondary N) is 2. The second kappa shape index (κ2) is 6.03. The summed E-state index contributed by atoms with van der Waals surface area (Å²) in [6, 6.07) is 5.39. The molecule has 0 saturated heterocycles. The number of anilines is 1. The molecule has 0 spiro atoms. The van der Waals surface area contributed by atoms with Crippen molar-refractivity contribution >= 4 is 41.1 Å². The molecule has 4 aromatic rings. The van der Waals surface area contributed by atoms with Crippen molar-refractivity contribution in [1.82, 2.24) is 19.8 Å². The Bertz CT molecular complexity index is 1250. The van der Waals surface area contributed by atoms with E-state index in [2.05, 4.69) is 20.6 Å². The highest BCUT2D eigenvalue weighted by Gasteiger charge is 2.26. The lowest BCUT2D eigenvalue weighted by Crippen LogP contribution is -2.13. The SMILES string of the molecule is Cc1c(F)c(P(C)(C)=O)c2[nH]ncc2c1-c1ccn2nc(NC=O)cc2c1. The van der Waals surface area contributed by atoms with E-state index in [0.29, 0.717) is 34.3 Å². The van der Waals surface area contributed by atoms with Crippen LogP contribution in [0.25, 0.3) is 27.5 Å². The summed E-state index contributed by atoms with van der Waals surface area (Å²) < 4.78 is 29.5. The van der Waals surface area contributed by atoms with E-state index in [1.807, 2.05) is 12.1 Å². The molecule has 7 nitrogen and oxygen atoms in total. The lowest BCUT2D eigenvalue weighted by Gasteiger charge is -2.16. The number of carbonyl (C=O) groups excluding carboxylic acids is 1. The van der Waals surface area contributed by atoms with E-state index in [-0.39, 0.29) is 5.30 Å². The smallest absolute Gasteiger partial charge is 0.212 e. The number of benzene rings is 1. The first-order valence-electron chi connectivity index (χ1n) is 8.22. The first-order valence-corrected chi connectivity index (χ1v) is 10.8. The maximum Gasteiger partial charge on any atom is 0.212 e. The molecule has 3 aromatic heterocycles. The van der Waals surface area contributed by atoms with E-state index >= 15 is 4.39 Å². The van der Waals surface area contributed by atoms with Crippen LogP contribution in [-0.4, -0.2) is 39.6 Å². The Balaban J connectivity index is 2.01. The highest BCUT2D eigenvalue weighted by molar-refractivity contribution is 7.70. The number of halogens is 1. The van der Waals surface area contributed by atoms with Gasteiger partial charge in [-0.2, -0.15) is 10.2 Å². The summed E-state index contributed by atoms with van der Waals surface area (Å²) in [5, 5.41) is 14.5. The average molecular weight is 385 g/mol. The van der Waals surface area contributed by atoms with Gasteiger partial charge in [-0.25, -0.2) is 8.91 Å². The molecule has 0 atom stereocenters. The molecule has 1 aromatic carbocycles. The van der Waals surface area contributed by atoms with Crippen molar-refractivity contribution in [3.63, 3.8) is 0 Å². The average Bonchev–Trinajstić information content (AvgIpc) is 3.20. The van der Waals surface area contributed by atoms with Crippen LogP contribution in [0.1, 0.15) is 5.56 Å². The fourth-order valence-corrected chi connectivity index (χ4v) is 4.76.